The minimum Gasteiger partial charge on any atom is -0.310 e. The van der Waals surface area contributed by atoms with Crippen molar-refractivity contribution in [3.05, 3.63) is 224 Å². The third-order valence-electron chi connectivity index (χ3n) is 11.3. The molecule has 0 amide bonds. The van der Waals surface area contributed by atoms with Crippen molar-refractivity contribution in [1.82, 2.24) is 9.13 Å². The van der Waals surface area contributed by atoms with Crippen LogP contribution in [0.3, 0.4) is 0 Å². The Bertz CT molecular complexity index is 3060. The van der Waals surface area contributed by atoms with E-state index in [0.29, 0.717) is 0 Å². The first-order valence-electron chi connectivity index (χ1n) is 19.5. The summed E-state index contributed by atoms with van der Waals surface area (Å²) in [6, 6.07) is 81.2. The van der Waals surface area contributed by atoms with Crippen LogP contribution in [0.4, 0.5) is 17.1 Å². The molecule has 11 aromatic rings. The minimum atomic E-state index is 1.08. The van der Waals surface area contributed by atoms with Gasteiger partial charge in [-0.25, -0.2) is 0 Å². The molecule has 0 N–H and O–H groups in total. The molecule has 0 spiro atoms. The molecular weight excluding hydrogens is 691 g/mol. The number of benzene rings is 9. The molecule has 57 heavy (non-hydrogen) atoms. The molecular formula is C54H37N3. The Hall–Kier alpha value is -7.62. The summed E-state index contributed by atoms with van der Waals surface area (Å²) in [7, 11) is 0. The fourth-order valence-electron chi connectivity index (χ4n) is 8.70. The summed E-state index contributed by atoms with van der Waals surface area (Å²) in [5.41, 5.74) is 14.9. The lowest BCUT2D eigenvalue weighted by molar-refractivity contribution is 1.13. The van der Waals surface area contributed by atoms with E-state index in [1.807, 2.05) is 0 Å². The van der Waals surface area contributed by atoms with Gasteiger partial charge in [-0.3, -0.25) is 0 Å². The summed E-state index contributed by atoms with van der Waals surface area (Å²) < 4.78 is 4.92. The van der Waals surface area contributed by atoms with Gasteiger partial charge in [0.25, 0.3) is 0 Å². The summed E-state index contributed by atoms with van der Waals surface area (Å²) in [6.45, 7) is 0. The fourth-order valence-corrected chi connectivity index (χ4v) is 8.70. The van der Waals surface area contributed by atoms with E-state index in [9.17, 15) is 0 Å². The molecule has 0 saturated carbocycles. The maximum atomic E-state index is 2.48. The molecule has 3 heteroatoms. The molecule has 0 aliphatic heterocycles. The van der Waals surface area contributed by atoms with Crippen LogP contribution in [0.1, 0.15) is 0 Å². The van der Waals surface area contributed by atoms with E-state index < -0.39 is 0 Å². The first-order valence-corrected chi connectivity index (χ1v) is 19.5. The molecule has 3 nitrogen and oxygen atoms in total. The second-order valence-electron chi connectivity index (χ2n) is 14.6. The van der Waals surface area contributed by atoms with Crippen LogP contribution in [-0.2, 0) is 0 Å². The first kappa shape index (κ1) is 32.8. The highest BCUT2D eigenvalue weighted by Crippen LogP contribution is 2.45. The van der Waals surface area contributed by atoms with Crippen LogP contribution < -0.4 is 4.90 Å². The zero-order valence-electron chi connectivity index (χ0n) is 31.2. The van der Waals surface area contributed by atoms with Gasteiger partial charge in [0.2, 0.25) is 0 Å². The average molecular weight is 728 g/mol. The van der Waals surface area contributed by atoms with Crippen molar-refractivity contribution < 1.29 is 0 Å². The van der Waals surface area contributed by atoms with Crippen molar-refractivity contribution in [2.24, 2.45) is 0 Å². The number of rotatable bonds is 7. The first-order chi connectivity index (χ1) is 28.3. The molecule has 0 aliphatic rings. The van der Waals surface area contributed by atoms with Gasteiger partial charge in [-0.15, -0.1) is 0 Å². The lowest BCUT2D eigenvalue weighted by atomic mass is 10.0. The second-order valence-corrected chi connectivity index (χ2v) is 14.6. The van der Waals surface area contributed by atoms with Crippen molar-refractivity contribution in [3.8, 4) is 33.6 Å². The highest BCUT2D eigenvalue weighted by Gasteiger charge is 2.24. The van der Waals surface area contributed by atoms with Crippen molar-refractivity contribution >= 4 is 60.7 Å². The second kappa shape index (κ2) is 13.6. The van der Waals surface area contributed by atoms with Crippen LogP contribution in [-0.4, -0.2) is 9.13 Å². The van der Waals surface area contributed by atoms with Crippen molar-refractivity contribution in [3.63, 3.8) is 0 Å². The molecule has 0 aliphatic carbocycles. The molecule has 0 bridgehead atoms. The Morgan fingerprint density at radius 3 is 1.16 bits per heavy atom. The van der Waals surface area contributed by atoms with Gasteiger partial charge < -0.3 is 14.0 Å². The maximum Gasteiger partial charge on any atom is 0.0784 e. The third kappa shape index (κ3) is 5.51. The number of nitrogens with zero attached hydrogens (tertiary/aromatic N) is 3. The number of aromatic nitrogens is 2. The van der Waals surface area contributed by atoms with Crippen LogP contribution in [0, 0.1) is 0 Å². The number of para-hydroxylation sites is 4. The quantitative estimate of drug-likeness (QED) is 0.159. The molecule has 2 heterocycles. The zero-order chi connectivity index (χ0) is 37.7. The lowest BCUT2D eigenvalue weighted by Crippen LogP contribution is -2.11. The van der Waals surface area contributed by atoms with Gasteiger partial charge in [-0.1, -0.05) is 158 Å². The van der Waals surface area contributed by atoms with E-state index in [1.165, 1.54) is 60.3 Å². The van der Waals surface area contributed by atoms with Gasteiger partial charge >= 0.3 is 0 Å². The fraction of sp³-hybridized carbons (Fsp3) is 0. The van der Waals surface area contributed by atoms with Gasteiger partial charge in [-0.05, 0) is 89.0 Å². The molecule has 0 atom stereocenters. The SMILES string of the molecule is c1ccc(-c2ccc(N(c3ccc(-c4ccccc4)cc3)c3cc(-n4c5ccccc5c5ccccc54)c4c(c3)c3ccccc3n4-c3ccccc3)cc2)cc1. The summed E-state index contributed by atoms with van der Waals surface area (Å²) in [5, 5.41) is 4.87. The van der Waals surface area contributed by atoms with Gasteiger partial charge in [0, 0.05) is 44.3 Å². The van der Waals surface area contributed by atoms with Crippen molar-refractivity contribution in [2.75, 3.05) is 4.90 Å². The minimum absolute atomic E-state index is 1.08. The Balaban J connectivity index is 1.23. The van der Waals surface area contributed by atoms with Crippen LogP contribution in [0.25, 0.3) is 77.2 Å². The van der Waals surface area contributed by atoms with Crippen LogP contribution in [0.5, 0.6) is 0 Å². The van der Waals surface area contributed by atoms with E-state index in [1.54, 1.807) is 0 Å². The predicted octanol–water partition coefficient (Wildman–Crippen LogP) is 14.7. The highest BCUT2D eigenvalue weighted by atomic mass is 15.1. The molecule has 0 radical (unpaired) electrons. The number of anilines is 3. The summed E-state index contributed by atoms with van der Waals surface area (Å²) in [4.78, 5) is 2.41. The average Bonchev–Trinajstić information content (AvgIpc) is 3.81. The van der Waals surface area contributed by atoms with Gasteiger partial charge in [0.15, 0.2) is 0 Å². The van der Waals surface area contributed by atoms with Gasteiger partial charge in [0.05, 0.1) is 27.8 Å². The normalized spacial score (nSPS) is 11.5. The lowest BCUT2D eigenvalue weighted by Gasteiger charge is -2.27. The van der Waals surface area contributed by atoms with Gasteiger partial charge in [0.1, 0.15) is 0 Å². The molecule has 9 aromatic carbocycles. The van der Waals surface area contributed by atoms with E-state index in [-0.39, 0.29) is 0 Å². The van der Waals surface area contributed by atoms with E-state index >= 15 is 0 Å². The standard InChI is InChI=1S/C54H37N3/c1-4-16-38(17-5-1)40-28-32-43(33-29-40)55(44-34-30-41(31-35-44)39-18-6-2-7-19-39)45-36-49-48-24-12-13-25-50(48)56(42-20-8-3-9-21-42)54(49)53(37-45)57-51-26-14-10-22-46(51)47-23-11-15-27-52(47)57/h1-37H. The Kier molecular flexibility index (Phi) is 7.82. The predicted molar refractivity (Wildman–Crippen MR) is 241 cm³/mol. The van der Waals surface area contributed by atoms with E-state index in [2.05, 4.69) is 238 Å². The molecule has 0 unspecified atom stereocenters. The Labute approximate surface area is 331 Å². The zero-order valence-corrected chi connectivity index (χ0v) is 31.2. The maximum absolute atomic E-state index is 2.48. The Morgan fingerprint density at radius 1 is 0.281 bits per heavy atom. The third-order valence-corrected chi connectivity index (χ3v) is 11.3. The van der Waals surface area contributed by atoms with Gasteiger partial charge in [-0.2, -0.15) is 0 Å². The van der Waals surface area contributed by atoms with E-state index in [4.69, 9.17) is 0 Å². The molecule has 2 aromatic heterocycles. The summed E-state index contributed by atoms with van der Waals surface area (Å²) >= 11 is 0. The van der Waals surface area contributed by atoms with Crippen LogP contribution >= 0.6 is 0 Å². The van der Waals surface area contributed by atoms with Crippen LogP contribution in [0.2, 0.25) is 0 Å². The highest BCUT2D eigenvalue weighted by molar-refractivity contribution is 6.16. The van der Waals surface area contributed by atoms with Crippen LogP contribution in [0.15, 0.2) is 224 Å². The molecule has 0 fully saturated rings. The summed E-state index contributed by atoms with van der Waals surface area (Å²) in [6.07, 6.45) is 0. The largest absolute Gasteiger partial charge is 0.310 e. The number of hydrogen-bond donors (Lipinski definition) is 0. The Morgan fingerprint density at radius 2 is 0.667 bits per heavy atom. The summed E-state index contributed by atoms with van der Waals surface area (Å²) in [5.74, 6) is 0. The van der Waals surface area contributed by atoms with Crippen molar-refractivity contribution in [1.29, 1.82) is 0 Å². The number of hydrogen-bond acceptors (Lipinski definition) is 1. The molecule has 268 valence electrons. The van der Waals surface area contributed by atoms with E-state index in [0.717, 1.165) is 34.0 Å². The number of fused-ring (bicyclic) bond motifs is 6. The topological polar surface area (TPSA) is 13.1 Å². The van der Waals surface area contributed by atoms with Crippen molar-refractivity contribution in [2.45, 2.75) is 0 Å². The molecule has 11 rings (SSSR count). The molecule has 0 saturated heterocycles. The smallest absolute Gasteiger partial charge is 0.0784 e. The monoisotopic (exact) mass is 727 g/mol.